The van der Waals surface area contributed by atoms with E-state index in [9.17, 15) is 58.5 Å². The van der Waals surface area contributed by atoms with Gasteiger partial charge in [-0.15, -0.1) is 0 Å². The number of nitrogens with one attached hydrogen (secondary N) is 6. The number of aliphatic carboxylic acids is 2. The Bertz CT molecular complexity index is 1590. The molecule has 8 atom stereocenters. The maximum absolute atomic E-state index is 13.7. The van der Waals surface area contributed by atoms with Gasteiger partial charge in [-0.05, 0) is 56.9 Å². The lowest BCUT2D eigenvalue weighted by atomic mass is 10.00. The number of nitrogens with two attached hydrogens (primary N) is 2. The lowest BCUT2D eigenvalue weighted by Crippen LogP contribution is -2.60. The van der Waals surface area contributed by atoms with Crippen LogP contribution < -0.4 is 43.4 Å². The number of amides is 7. The normalized spacial score (nSPS) is 15.3. The Balaban J connectivity index is 3.25. The smallest absolute Gasteiger partial charge is 0.326 e. The predicted molar refractivity (Wildman–Crippen MR) is 209 cm³/mol. The molecule has 0 saturated heterocycles. The van der Waals surface area contributed by atoms with Crippen LogP contribution in [0.3, 0.4) is 0 Å². The minimum atomic E-state index is -1.50. The van der Waals surface area contributed by atoms with Crippen LogP contribution in [-0.4, -0.2) is 117 Å². The third-order valence-electron chi connectivity index (χ3n) is 8.74. The Kier molecular flexibility index (Phi) is 21.6. The number of carboxylic acid groups (broad SMARTS) is 2. The summed E-state index contributed by atoms with van der Waals surface area (Å²) in [4.78, 5) is 115. The Hall–Kier alpha value is -5.63. The second-order valence-electron chi connectivity index (χ2n) is 15.0. The first kappa shape index (κ1) is 50.4. The molecule has 20 nitrogen and oxygen atoms in total. The van der Waals surface area contributed by atoms with Crippen molar-refractivity contribution < 1.29 is 58.5 Å². The van der Waals surface area contributed by atoms with Crippen molar-refractivity contribution in [2.45, 2.75) is 135 Å². The van der Waals surface area contributed by atoms with Crippen molar-refractivity contribution in [1.29, 1.82) is 0 Å². The Morgan fingerprint density at radius 2 is 1.00 bits per heavy atom. The second kappa shape index (κ2) is 24.9. The molecule has 0 saturated carbocycles. The molecule has 0 fully saturated rings. The molecule has 0 aromatic heterocycles. The minimum absolute atomic E-state index is 0.0627. The molecule has 13 N–H and O–H groups in total. The fourth-order valence-corrected chi connectivity index (χ4v) is 5.53. The van der Waals surface area contributed by atoms with Gasteiger partial charge in [0.05, 0.1) is 6.10 Å². The predicted octanol–water partition coefficient (Wildman–Crippen LogP) is -1.83. The fraction of sp³-hybridized carbons (Fsp3) is 0.605. The van der Waals surface area contributed by atoms with Gasteiger partial charge in [0.2, 0.25) is 41.4 Å². The summed E-state index contributed by atoms with van der Waals surface area (Å²) in [5.41, 5.74) is 11.5. The van der Waals surface area contributed by atoms with Crippen LogP contribution in [0.1, 0.15) is 85.6 Å². The van der Waals surface area contributed by atoms with E-state index in [1.165, 1.54) is 13.8 Å². The van der Waals surface area contributed by atoms with Crippen molar-refractivity contribution in [1.82, 2.24) is 31.9 Å². The van der Waals surface area contributed by atoms with E-state index in [0.717, 1.165) is 0 Å². The molecule has 7 amide bonds. The summed E-state index contributed by atoms with van der Waals surface area (Å²) in [5.74, 6) is -8.94. The van der Waals surface area contributed by atoms with Crippen LogP contribution in [0.15, 0.2) is 30.3 Å². The maximum Gasteiger partial charge on any atom is 0.326 e. The summed E-state index contributed by atoms with van der Waals surface area (Å²) >= 11 is 0. The highest BCUT2D eigenvalue weighted by molar-refractivity contribution is 5.97. The minimum Gasteiger partial charge on any atom is -0.481 e. The van der Waals surface area contributed by atoms with Crippen molar-refractivity contribution in [3.63, 3.8) is 0 Å². The van der Waals surface area contributed by atoms with Crippen molar-refractivity contribution in [2.24, 2.45) is 23.3 Å². The molecule has 0 radical (unpaired) electrons. The molecule has 1 aromatic carbocycles. The van der Waals surface area contributed by atoms with Gasteiger partial charge >= 0.3 is 11.9 Å². The van der Waals surface area contributed by atoms with E-state index in [-0.39, 0.29) is 43.9 Å². The van der Waals surface area contributed by atoms with E-state index in [2.05, 4.69) is 31.9 Å². The molecular weight excluding hydrogens is 760 g/mol. The van der Waals surface area contributed by atoms with Gasteiger partial charge in [-0.25, -0.2) is 4.79 Å². The van der Waals surface area contributed by atoms with Crippen molar-refractivity contribution in [2.75, 3.05) is 0 Å². The lowest BCUT2D eigenvalue weighted by molar-refractivity contribution is -0.142. The molecule has 0 spiro atoms. The number of carbonyl (C=O) groups excluding carboxylic acids is 7. The molecule has 58 heavy (non-hydrogen) atoms. The molecule has 324 valence electrons. The number of rotatable bonds is 26. The number of benzene rings is 1. The summed E-state index contributed by atoms with van der Waals surface area (Å²) in [5, 5.41) is 43.5. The molecule has 1 aromatic rings. The molecule has 0 aliphatic rings. The summed E-state index contributed by atoms with van der Waals surface area (Å²) in [6.45, 7) is 9.66. The average Bonchev–Trinajstić information content (AvgIpc) is 3.12. The molecule has 0 heterocycles. The molecule has 0 bridgehead atoms. The number of hydrogen-bond donors (Lipinski definition) is 11. The van der Waals surface area contributed by atoms with Gasteiger partial charge in [0.1, 0.15) is 42.3 Å². The molecular formula is C38H60N8O12. The largest absolute Gasteiger partial charge is 0.481 e. The van der Waals surface area contributed by atoms with Gasteiger partial charge in [-0.2, -0.15) is 0 Å². The fourth-order valence-electron chi connectivity index (χ4n) is 5.53. The van der Waals surface area contributed by atoms with Gasteiger partial charge in [-0.3, -0.25) is 38.4 Å². The summed E-state index contributed by atoms with van der Waals surface area (Å²) in [6, 6.07) is -0.995. The van der Waals surface area contributed by atoms with Crippen LogP contribution in [0, 0.1) is 11.8 Å². The highest BCUT2D eigenvalue weighted by atomic mass is 16.4. The van der Waals surface area contributed by atoms with Crippen molar-refractivity contribution >= 4 is 53.3 Å². The zero-order valence-corrected chi connectivity index (χ0v) is 33.8. The van der Waals surface area contributed by atoms with E-state index >= 15 is 0 Å². The standard InChI is InChI=1S/C38H60N8O12/c1-19(2)16-26(35(54)45-28(18-23-10-8-7-9-11-23)36(55)43-25(38(57)58)12-14-29(39)48)44-32(51)21(5)41-33(52)24(13-15-30(49)50)42-34(53)27(17-20(3)4)46-37(56)31(40)22(6)47/h7-11,19-22,24-28,31,47H,12-18,40H2,1-6H3,(H2,39,48)(H,41,52)(H,42,53)(H,43,55)(H,44,51)(H,45,54)(H,46,56)(H,49,50)(H,57,58)/t21-,22+,24-,25-,26-,27-,28-,31-/m0/s1. The number of aliphatic hydroxyl groups is 1. The summed E-state index contributed by atoms with van der Waals surface area (Å²) < 4.78 is 0. The first-order valence-electron chi connectivity index (χ1n) is 19.0. The Morgan fingerprint density at radius 3 is 1.47 bits per heavy atom. The van der Waals surface area contributed by atoms with Gasteiger partial charge in [-0.1, -0.05) is 58.0 Å². The number of primary amides is 1. The van der Waals surface area contributed by atoms with E-state index < -0.39 is 115 Å². The zero-order valence-electron chi connectivity index (χ0n) is 33.8. The highest BCUT2D eigenvalue weighted by Crippen LogP contribution is 2.11. The topological polar surface area (TPSA) is 339 Å². The third kappa shape index (κ3) is 19.0. The summed E-state index contributed by atoms with van der Waals surface area (Å²) in [7, 11) is 0. The first-order chi connectivity index (χ1) is 27.0. The molecule has 0 aliphatic carbocycles. The number of aliphatic hydroxyl groups excluding tert-OH is 1. The lowest BCUT2D eigenvalue weighted by Gasteiger charge is -2.27. The molecule has 20 heteroatoms. The van der Waals surface area contributed by atoms with Crippen LogP contribution in [0.5, 0.6) is 0 Å². The second-order valence-corrected chi connectivity index (χ2v) is 15.0. The van der Waals surface area contributed by atoms with Crippen LogP contribution in [0.4, 0.5) is 0 Å². The van der Waals surface area contributed by atoms with Crippen molar-refractivity contribution in [3.05, 3.63) is 35.9 Å². The van der Waals surface area contributed by atoms with E-state index in [1.807, 2.05) is 0 Å². The van der Waals surface area contributed by atoms with Crippen molar-refractivity contribution in [3.8, 4) is 0 Å². The number of carbonyl (C=O) groups is 9. The van der Waals surface area contributed by atoms with Gasteiger partial charge < -0.3 is 58.7 Å². The van der Waals surface area contributed by atoms with Crippen LogP contribution in [0.2, 0.25) is 0 Å². The van der Waals surface area contributed by atoms with Crippen LogP contribution in [0.25, 0.3) is 0 Å². The first-order valence-corrected chi connectivity index (χ1v) is 19.0. The van der Waals surface area contributed by atoms with Crippen LogP contribution >= 0.6 is 0 Å². The van der Waals surface area contributed by atoms with Gasteiger partial charge in [0.25, 0.3) is 0 Å². The average molecular weight is 821 g/mol. The maximum atomic E-state index is 13.7. The van der Waals surface area contributed by atoms with Crippen LogP contribution in [-0.2, 0) is 49.6 Å². The zero-order chi connectivity index (χ0) is 44.3. The molecule has 1 rings (SSSR count). The van der Waals surface area contributed by atoms with E-state index in [4.69, 9.17) is 11.5 Å². The number of carboxylic acids is 2. The number of hydrogen-bond acceptors (Lipinski definition) is 11. The van der Waals surface area contributed by atoms with Gasteiger partial charge in [0, 0.05) is 19.3 Å². The quantitative estimate of drug-likeness (QED) is 0.0491. The summed E-state index contributed by atoms with van der Waals surface area (Å²) in [6.07, 6.45) is -2.73. The van der Waals surface area contributed by atoms with E-state index in [0.29, 0.717) is 5.56 Å². The Labute approximate surface area is 337 Å². The molecule has 0 unspecified atom stereocenters. The van der Waals surface area contributed by atoms with E-state index in [1.54, 1.807) is 58.0 Å². The highest BCUT2D eigenvalue weighted by Gasteiger charge is 2.34. The van der Waals surface area contributed by atoms with Gasteiger partial charge in [0.15, 0.2) is 0 Å². The Morgan fingerprint density at radius 1 is 0.569 bits per heavy atom. The SMILES string of the molecule is CC(C)C[C@H](NC(=O)[C@H](C)NC(=O)[C@H](CCC(=O)O)NC(=O)[C@H](CC(C)C)NC(=O)[C@@H](N)[C@@H](C)O)C(=O)N[C@@H](Cc1ccccc1)C(=O)N[C@@H](CCC(N)=O)C(=O)O. The third-order valence-corrected chi connectivity index (χ3v) is 8.74. The molecule has 0 aliphatic heterocycles. The monoisotopic (exact) mass is 820 g/mol.